The van der Waals surface area contributed by atoms with Gasteiger partial charge in [-0.05, 0) is 23.7 Å². The van der Waals surface area contributed by atoms with Crippen molar-refractivity contribution in [2.24, 2.45) is 0 Å². The molecule has 0 aliphatic heterocycles. The third kappa shape index (κ3) is 16.3. The van der Waals surface area contributed by atoms with Gasteiger partial charge >= 0.3 is 5.97 Å². The molecule has 0 amide bonds. The summed E-state index contributed by atoms with van der Waals surface area (Å²) in [6, 6.07) is 0. The molecule has 0 saturated carbocycles. The molecule has 0 heterocycles. The van der Waals surface area contributed by atoms with Crippen molar-refractivity contribution in [1.82, 2.24) is 0 Å². The molecule has 0 bridgehead atoms. The first-order valence-corrected chi connectivity index (χ1v) is 10.1. The zero-order valence-electron chi connectivity index (χ0n) is 13.3. The maximum atomic E-state index is 11.4. The zero-order valence-corrected chi connectivity index (χ0v) is 15.5. The maximum Gasteiger partial charge on any atom is 0.305 e. The number of hydrogen-bond acceptors (Lipinski definition) is 2. The van der Waals surface area contributed by atoms with Crippen molar-refractivity contribution >= 4 is 28.6 Å². The Balaban J connectivity index is 3.07. The van der Waals surface area contributed by atoms with Gasteiger partial charge < -0.3 is 4.74 Å². The van der Waals surface area contributed by atoms with Gasteiger partial charge in [-0.3, -0.25) is 4.79 Å². The third-order valence-electron chi connectivity index (χ3n) is 3.53. The summed E-state index contributed by atoms with van der Waals surface area (Å²) in [5.74, 6) is -0.00854. The fraction of sp³-hybridized carbons (Fsp3) is 0.941. The number of unbranched alkanes of at least 4 members (excludes halogenated alkanes) is 10. The molecule has 20 heavy (non-hydrogen) atoms. The smallest absolute Gasteiger partial charge is 0.305 e. The molecule has 0 atom stereocenters. The van der Waals surface area contributed by atoms with Gasteiger partial charge in [0, 0.05) is 6.42 Å². The second-order valence-electron chi connectivity index (χ2n) is 5.55. The van der Waals surface area contributed by atoms with E-state index in [1.807, 2.05) is 0 Å². The lowest BCUT2D eigenvalue weighted by Gasteiger charge is -2.05. The molecular weight excluding hydrogens is 363 g/mol. The lowest BCUT2D eigenvalue weighted by molar-refractivity contribution is -0.143. The Kier molecular flexibility index (Phi) is 17.4. The summed E-state index contributed by atoms with van der Waals surface area (Å²) in [5, 5.41) is 0. The number of rotatable bonds is 15. The molecule has 0 saturated heterocycles. The minimum Gasteiger partial charge on any atom is -0.466 e. The monoisotopic (exact) mass is 396 g/mol. The SMILES string of the molecule is CCCCCCCCCCCCOC(=O)CCCCI. The normalized spacial score (nSPS) is 10.7. The van der Waals surface area contributed by atoms with Crippen molar-refractivity contribution in [3.63, 3.8) is 0 Å². The van der Waals surface area contributed by atoms with E-state index in [4.69, 9.17) is 4.74 Å². The highest BCUT2D eigenvalue weighted by atomic mass is 127. The highest BCUT2D eigenvalue weighted by molar-refractivity contribution is 14.1. The molecule has 2 nitrogen and oxygen atoms in total. The second kappa shape index (κ2) is 17.3. The maximum absolute atomic E-state index is 11.4. The van der Waals surface area contributed by atoms with Gasteiger partial charge in [0.05, 0.1) is 6.61 Å². The van der Waals surface area contributed by atoms with E-state index < -0.39 is 0 Å². The molecule has 3 heteroatoms. The number of hydrogen-bond donors (Lipinski definition) is 0. The standard InChI is InChI=1S/C17H33IO2/c1-2-3-4-5-6-7-8-9-10-13-16-20-17(19)14-11-12-15-18/h2-16H2,1H3. The van der Waals surface area contributed by atoms with E-state index in [1.165, 1.54) is 57.8 Å². The molecule has 0 spiro atoms. The second-order valence-corrected chi connectivity index (χ2v) is 6.63. The molecule has 0 fully saturated rings. The first-order chi connectivity index (χ1) is 9.81. The molecule has 0 N–H and O–H groups in total. The minimum atomic E-state index is -0.00854. The Bertz CT molecular complexity index is 207. The minimum absolute atomic E-state index is 0.00854. The van der Waals surface area contributed by atoms with Gasteiger partial charge in [0.2, 0.25) is 0 Å². The largest absolute Gasteiger partial charge is 0.466 e. The number of carbonyl (C=O) groups excluding carboxylic acids is 1. The van der Waals surface area contributed by atoms with Crippen molar-refractivity contribution in [2.45, 2.75) is 90.4 Å². The fourth-order valence-electron chi connectivity index (χ4n) is 2.21. The van der Waals surface area contributed by atoms with E-state index in [0.717, 1.165) is 23.7 Å². The Morgan fingerprint density at radius 1 is 0.800 bits per heavy atom. The summed E-state index contributed by atoms with van der Waals surface area (Å²) in [4.78, 5) is 11.4. The summed E-state index contributed by atoms with van der Waals surface area (Å²) in [5.41, 5.74) is 0. The van der Waals surface area contributed by atoms with E-state index in [0.29, 0.717) is 13.0 Å². The highest BCUT2D eigenvalue weighted by Crippen LogP contribution is 2.10. The van der Waals surface area contributed by atoms with Crippen LogP contribution in [0.15, 0.2) is 0 Å². The zero-order chi connectivity index (χ0) is 14.9. The van der Waals surface area contributed by atoms with E-state index in [-0.39, 0.29) is 5.97 Å². The van der Waals surface area contributed by atoms with Crippen molar-refractivity contribution in [1.29, 1.82) is 0 Å². The lowest BCUT2D eigenvalue weighted by Crippen LogP contribution is -2.05. The molecule has 0 unspecified atom stereocenters. The van der Waals surface area contributed by atoms with Crippen molar-refractivity contribution in [3.05, 3.63) is 0 Å². The Morgan fingerprint density at radius 2 is 1.35 bits per heavy atom. The first kappa shape index (κ1) is 20.2. The van der Waals surface area contributed by atoms with E-state index in [2.05, 4.69) is 29.5 Å². The molecule has 120 valence electrons. The third-order valence-corrected chi connectivity index (χ3v) is 4.29. The molecule has 0 aliphatic rings. The average molecular weight is 396 g/mol. The topological polar surface area (TPSA) is 26.3 Å². The number of carbonyl (C=O) groups is 1. The van der Waals surface area contributed by atoms with Crippen LogP contribution in [0.25, 0.3) is 0 Å². The summed E-state index contributed by atoms with van der Waals surface area (Å²) < 4.78 is 6.35. The number of esters is 1. The Morgan fingerprint density at radius 3 is 1.90 bits per heavy atom. The van der Waals surface area contributed by atoms with E-state index in [1.54, 1.807) is 0 Å². The van der Waals surface area contributed by atoms with Crippen molar-refractivity contribution in [3.8, 4) is 0 Å². The Hall–Kier alpha value is 0.200. The van der Waals surface area contributed by atoms with Crippen LogP contribution in [-0.4, -0.2) is 17.0 Å². The van der Waals surface area contributed by atoms with Gasteiger partial charge in [0.25, 0.3) is 0 Å². The van der Waals surface area contributed by atoms with Gasteiger partial charge in [-0.25, -0.2) is 0 Å². The van der Waals surface area contributed by atoms with Crippen LogP contribution < -0.4 is 0 Å². The molecular formula is C17H33IO2. The van der Waals surface area contributed by atoms with Crippen LogP contribution in [0.2, 0.25) is 0 Å². The van der Waals surface area contributed by atoms with Gasteiger partial charge in [-0.2, -0.15) is 0 Å². The quantitative estimate of drug-likeness (QED) is 0.146. The number of alkyl halides is 1. The summed E-state index contributed by atoms with van der Waals surface area (Å²) >= 11 is 2.34. The van der Waals surface area contributed by atoms with Crippen LogP contribution in [0.5, 0.6) is 0 Å². The first-order valence-electron chi connectivity index (χ1n) is 8.52. The van der Waals surface area contributed by atoms with Crippen molar-refractivity contribution in [2.75, 3.05) is 11.0 Å². The van der Waals surface area contributed by atoms with E-state index in [9.17, 15) is 4.79 Å². The molecule has 0 rings (SSSR count). The van der Waals surface area contributed by atoms with Crippen LogP contribution in [0.4, 0.5) is 0 Å². The molecule has 0 radical (unpaired) electrons. The molecule has 0 aromatic rings. The van der Waals surface area contributed by atoms with Gasteiger partial charge in [0.1, 0.15) is 0 Å². The van der Waals surface area contributed by atoms with E-state index >= 15 is 0 Å². The predicted octanol–water partition coefficient (Wildman–Crippen LogP) is 6.06. The molecule has 0 aliphatic carbocycles. The fourth-order valence-corrected chi connectivity index (χ4v) is 2.75. The van der Waals surface area contributed by atoms with Crippen LogP contribution in [0.3, 0.4) is 0 Å². The van der Waals surface area contributed by atoms with Crippen LogP contribution in [0, 0.1) is 0 Å². The summed E-state index contributed by atoms with van der Waals surface area (Å²) in [7, 11) is 0. The number of halogens is 1. The van der Waals surface area contributed by atoms with Gasteiger partial charge in [0.15, 0.2) is 0 Å². The summed E-state index contributed by atoms with van der Waals surface area (Å²) in [6.45, 7) is 2.88. The average Bonchev–Trinajstić information content (AvgIpc) is 2.45. The van der Waals surface area contributed by atoms with Crippen molar-refractivity contribution < 1.29 is 9.53 Å². The van der Waals surface area contributed by atoms with Crippen LogP contribution in [-0.2, 0) is 9.53 Å². The lowest BCUT2D eigenvalue weighted by atomic mass is 10.1. The predicted molar refractivity (Wildman–Crippen MR) is 95.5 cm³/mol. The number of ether oxygens (including phenoxy) is 1. The van der Waals surface area contributed by atoms with Gasteiger partial charge in [-0.15, -0.1) is 0 Å². The Labute approximate surface area is 139 Å². The highest BCUT2D eigenvalue weighted by Gasteiger charge is 2.01. The molecule has 0 aromatic carbocycles. The molecule has 0 aromatic heterocycles. The van der Waals surface area contributed by atoms with Crippen LogP contribution in [0.1, 0.15) is 90.4 Å². The summed E-state index contributed by atoms with van der Waals surface area (Å²) in [6.07, 6.45) is 15.9. The van der Waals surface area contributed by atoms with Crippen LogP contribution >= 0.6 is 22.6 Å². The van der Waals surface area contributed by atoms with Gasteiger partial charge in [-0.1, -0.05) is 87.3 Å².